The molecule has 0 spiro atoms. The Morgan fingerprint density at radius 1 is 1.26 bits per heavy atom. The van der Waals surface area contributed by atoms with Gasteiger partial charge in [0.05, 0.1) is 21.5 Å². The lowest BCUT2D eigenvalue weighted by atomic mass is 10.0. The topological polar surface area (TPSA) is 107 Å². The van der Waals surface area contributed by atoms with Gasteiger partial charge in [-0.25, -0.2) is 8.42 Å². The summed E-state index contributed by atoms with van der Waals surface area (Å²) >= 11 is 12.4. The maximum Gasteiger partial charge on any atom is 0.256 e. The number of amides is 1. The summed E-state index contributed by atoms with van der Waals surface area (Å²) in [5, 5.41) is 21.1. The van der Waals surface area contributed by atoms with Crippen molar-refractivity contribution in [2.24, 2.45) is 11.8 Å². The molecule has 0 saturated heterocycles. The third-order valence-corrected chi connectivity index (χ3v) is 7.60. The number of benzene rings is 1. The van der Waals surface area contributed by atoms with E-state index in [1.54, 1.807) is 0 Å². The average molecular weight is 431 g/mol. The van der Waals surface area contributed by atoms with Crippen LogP contribution in [0.5, 0.6) is 0 Å². The number of sulfone groups is 1. The molecule has 3 rings (SSSR count). The van der Waals surface area contributed by atoms with E-state index in [-0.39, 0.29) is 49.4 Å². The van der Waals surface area contributed by atoms with Crippen LogP contribution in [0.15, 0.2) is 22.6 Å². The van der Waals surface area contributed by atoms with Crippen LogP contribution in [0.3, 0.4) is 0 Å². The second-order valence-corrected chi connectivity index (χ2v) is 9.71. The van der Waals surface area contributed by atoms with E-state index >= 15 is 0 Å². The first-order valence-corrected chi connectivity index (χ1v) is 11.0. The number of hydrogen-bond donors (Lipinski definition) is 3. The maximum atomic E-state index is 12.7. The minimum atomic E-state index is -3.74. The van der Waals surface area contributed by atoms with E-state index in [1.807, 2.05) is 0 Å². The lowest BCUT2D eigenvalue weighted by molar-refractivity contribution is -0.116. The molecular formula is C18H20Cl2N2O4S. The first kappa shape index (κ1) is 20.2. The van der Waals surface area contributed by atoms with E-state index in [1.165, 1.54) is 19.2 Å². The molecule has 1 aromatic rings. The minimum Gasteiger partial charge on any atom is -0.506 e. The summed E-state index contributed by atoms with van der Waals surface area (Å²) in [6.45, 7) is 0. The molecule has 0 heterocycles. The Morgan fingerprint density at radius 3 is 2.41 bits per heavy atom. The lowest BCUT2D eigenvalue weighted by Gasteiger charge is -2.15. The van der Waals surface area contributed by atoms with Gasteiger partial charge in [-0.15, -0.1) is 0 Å². The smallest absolute Gasteiger partial charge is 0.256 e. The second kappa shape index (κ2) is 7.45. The maximum absolute atomic E-state index is 12.7. The molecule has 146 valence electrons. The summed E-state index contributed by atoms with van der Waals surface area (Å²) in [6, 6.07) is 2.69. The minimum absolute atomic E-state index is 0.0141. The van der Waals surface area contributed by atoms with Crippen molar-refractivity contribution in [1.82, 2.24) is 5.32 Å². The van der Waals surface area contributed by atoms with E-state index < -0.39 is 21.5 Å². The van der Waals surface area contributed by atoms with E-state index in [2.05, 4.69) is 5.32 Å². The SMILES string of the molecule is CNC(=O)C(C(=N)C1CC1)=C(O)c1ccc(Cl)c(S(=O)(=O)CC2CC2)c1Cl. The van der Waals surface area contributed by atoms with Gasteiger partial charge in [-0.1, -0.05) is 23.2 Å². The van der Waals surface area contributed by atoms with E-state index in [4.69, 9.17) is 28.6 Å². The predicted molar refractivity (Wildman–Crippen MR) is 105 cm³/mol. The van der Waals surface area contributed by atoms with Crippen LogP contribution in [0.2, 0.25) is 10.0 Å². The van der Waals surface area contributed by atoms with E-state index in [0.717, 1.165) is 25.7 Å². The highest BCUT2D eigenvalue weighted by molar-refractivity contribution is 7.91. The number of rotatable bonds is 7. The third kappa shape index (κ3) is 4.15. The summed E-state index contributed by atoms with van der Waals surface area (Å²) in [7, 11) is -2.35. The summed E-state index contributed by atoms with van der Waals surface area (Å²) in [6.07, 6.45) is 3.22. The van der Waals surface area contributed by atoms with Crippen molar-refractivity contribution >= 4 is 50.4 Å². The number of likely N-dealkylation sites (N-methyl/N-ethyl adjacent to an activating group) is 1. The van der Waals surface area contributed by atoms with Crippen LogP contribution in [0.25, 0.3) is 5.76 Å². The summed E-state index contributed by atoms with van der Waals surface area (Å²) in [5.74, 6) is -1.20. The Kier molecular flexibility index (Phi) is 5.57. The third-order valence-electron chi connectivity index (χ3n) is 4.71. The Bertz CT molecular complexity index is 948. The van der Waals surface area contributed by atoms with Crippen LogP contribution in [0.4, 0.5) is 0 Å². The largest absolute Gasteiger partial charge is 0.506 e. The zero-order valence-electron chi connectivity index (χ0n) is 14.7. The Morgan fingerprint density at radius 2 is 1.89 bits per heavy atom. The molecule has 0 atom stereocenters. The molecule has 27 heavy (non-hydrogen) atoms. The molecule has 0 aliphatic heterocycles. The van der Waals surface area contributed by atoms with Gasteiger partial charge in [0.25, 0.3) is 5.91 Å². The van der Waals surface area contributed by atoms with E-state index in [0.29, 0.717) is 0 Å². The van der Waals surface area contributed by atoms with Gasteiger partial charge in [0.15, 0.2) is 9.84 Å². The molecule has 2 fully saturated rings. The quantitative estimate of drug-likeness (QED) is 0.348. The van der Waals surface area contributed by atoms with Crippen molar-refractivity contribution < 1.29 is 18.3 Å². The van der Waals surface area contributed by atoms with Gasteiger partial charge >= 0.3 is 0 Å². The molecule has 3 N–H and O–H groups in total. The van der Waals surface area contributed by atoms with Crippen LogP contribution in [0, 0.1) is 17.2 Å². The fourth-order valence-electron chi connectivity index (χ4n) is 2.87. The van der Waals surface area contributed by atoms with Crippen molar-refractivity contribution in [3.63, 3.8) is 0 Å². The van der Waals surface area contributed by atoms with Crippen LogP contribution in [-0.4, -0.2) is 37.9 Å². The monoisotopic (exact) mass is 430 g/mol. The molecule has 0 bridgehead atoms. The predicted octanol–water partition coefficient (Wildman–Crippen LogP) is 3.62. The van der Waals surface area contributed by atoms with E-state index in [9.17, 15) is 18.3 Å². The molecule has 0 radical (unpaired) electrons. The molecule has 1 amide bonds. The van der Waals surface area contributed by atoms with Gasteiger partial charge in [0.1, 0.15) is 16.2 Å². The zero-order valence-corrected chi connectivity index (χ0v) is 17.0. The first-order valence-electron chi connectivity index (χ1n) is 8.62. The van der Waals surface area contributed by atoms with Crippen molar-refractivity contribution in [1.29, 1.82) is 5.41 Å². The molecule has 1 aromatic carbocycles. The number of carbonyl (C=O) groups excluding carboxylic acids is 1. The molecular weight excluding hydrogens is 411 g/mol. The Labute approximate surface area is 168 Å². The van der Waals surface area contributed by atoms with Gasteiger partial charge in [0.2, 0.25) is 0 Å². The van der Waals surface area contributed by atoms with Gasteiger partial charge < -0.3 is 15.8 Å². The van der Waals surface area contributed by atoms with Gasteiger partial charge in [-0.2, -0.15) is 0 Å². The van der Waals surface area contributed by atoms with Gasteiger partial charge in [-0.05, 0) is 43.7 Å². The van der Waals surface area contributed by atoms with Crippen LogP contribution in [0.1, 0.15) is 31.2 Å². The van der Waals surface area contributed by atoms with Crippen LogP contribution < -0.4 is 5.32 Å². The Hall–Kier alpha value is -1.57. The number of halogens is 2. The second-order valence-electron chi connectivity index (χ2n) is 6.95. The van der Waals surface area contributed by atoms with Crippen molar-refractivity contribution in [3.8, 4) is 0 Å². The highest BCUT2D eigenvalue weighted by Crippen LogP contribution is 2.41. The number of aliphatic hydroxyl groups is 1. The van der Waals surface area contributed by atoms with Crippen molar-refractivity contribution in [2.45, 2.75) is 30.6 Å². The van der Waals surface area contributed by atoms with Crippen LogP contribution in [-0.2, 0) is 14.6 Å². The molecule has 9 heteroatoms. The van der Waals surface area contributed by atoms with Gasteiger partial charge in [0, 0.05) is 18.5 Å². The van der Waals surface area contributed by atoms with Crippen molar-refractivity contribution in [3.05, 3.63) is 33.3 Å². The summed E-state index contributed by atoms with van der Waals surface area (Å²) in [4.78, 5) is 12.0. The lowest BCUT2D eigenvalue weighted by Crippen LogP contribution is -2.27. The molecule has 2 saturated carbocycles. The standard InChI is InChI=1S/C18H20Cl2N2O4S/c1-22-18(24)13(15(21)10-4-5-10)16(23)11-6-7-12(19)17(14(11)20)27(25,26)8-9-2-3-9/h6-7,9-10,21,23H,2-5,8H2,1H3,(H,22,24). The fraction of sp³-hybridized carbons (Fsp3) is 0.444. The molecule has 0 unspecified atom stereocenters. The zero-order chi connectivity index (χ0) is 19.9. The normalized spacial score (nSPS) is 18.0. The molecule has 6 nitrogen and oxygen atoms in total. The number of nitrogens with one attached hydrogen (secondary N) is 2. The number of carbonyl (C=O) groups is 1. The summed E-state index contributed by atoms with van der Waals surface area (Å²) in [5.41, 5.74) is -0.213. The highest BCUT2D eigenvalue weighted by atomic mass is 35.5. The molecule has 2 aliphatic carbocycles. The Balaban J connectivity index is 2.13. The first-order chi connectivity index (χ1) is 12.7. The molecule has 2 aliphatic rings. The van der Waals surface area contributed by atoms with Crippen LogP contribution >= 0.6 is 23.2 Å². The van der Waals surface area contributed by atoms with Gasteiger partial charge in [-0.3, -0.25) is 4.79 Å². The number of aliphatic hydroxyl groups excluding tert-OH is 1. The average Bonchev–Trinajstić information content (AvgIpc) is 3.48. The van der Waals surface area contributed by atoms with Crippen molar-refractivity contribution in [2.75, 3.05) is 12.8 Å². The number of hydrogen-bond acceptors (Lipinski definition) is 5. The fourth-order valence-corrected chi connectivity index (χ4v) is 5.91. The summed E-state index contributed by atoms with van der Waals surface area (Å²) < 4.78 is 25.4. The highest BCUT2D eigenvalue weighted by Gasteiger charge is 2.36. The molecule has 0 aromatic heterocycles.